The standard InChI is InChI=1S/C18H16FN3O/c19-15-8-3-1-6-13(15)12-21-10-5-11-22-17(23)14-7-2-4-9-16(14)20-18(21)22/h1-4,6-9H,5,10-12H2. The Hall–Kier alpha value is -2.69. The first-order chi connectivity index (χ1) is 11.2. The van der Waals surface area contributed by atoms with Crippen molar-refractivity contribution in [3.63, 3.8) is 0 Å². The third kappa shape index (κ3) is 2.38. The molecule has 0 radical (unpaired) electrons. The van der Waals surface area contributed by atoms with Crippen LogP contribution in [-0.2, 0) is 13.1 Å². The molecule has 5 heteroatoms. The molecule has 2 aromatic carbocycles. The van der Waals surface area contributed by atoms with Crippen molar-refractivity contribution in [2.24, 2.45) is 0 Å². The Morgan fingerprint density at radius 1 is 1.04 bits per heavy atom. The molecule has 3 aromatic rings. The molecule has 0 bridgehead atoms. The molecular weight excluding hydrogens is 293 g/mol. The first-order valence-electron chi connectivity index (χ1n) is 7.72. The highest BCUT2D eigenvalue weighted by Crippen LogP contribution is 2.22. The summed E-state index contributed by atoms with van der Waals surface area (Å²) in [6.07, 6.45) is 0.849. The lowest BCUT2D eigenvalue weighted by Crippen LogP contribution is -2.38. The molecule has 4 rings (SSSR count). The summed E-state index contributed by atoms with van der Waals surface area (Å²) in [5.41, 5.74) is 1.27. The van der Waals surface area contributed by atoms with Crippen LogP contribution in [-0.4, -0.2) is 16.1 Å². The van der Waals surface area contributed by atoms with Crippen molar-refractivity contribution in [3.05, 3.63) is 70.3 Å². The minimum absolute atomic E-state index is 0.0242. The van der Waals surface area contributed by atoms with Gasteiger partial charge < -0.3 is 4.90 Å². The van der Waals surface area contributed by atoms with Crippen LogP contribution in [0.4, 0.5) is 10.3 Å². The molecule has 0 aliphatic carbocycles. The smallest absolute Gasteiger partial charge is 0.262 e. The van der Waals surface area contributed by atoms with Crippen LogP contribution < -0.4 is 10.5 Å². The number of fused-ring (bicyclic) bond motifs is 2. The van der Waals surface area contributed by atoms with Crippen LogP contribution in [0.1, 0.15) is 12.0 Å². The zero-order chi connectivity index (χ0) is 15.8. The van der Waals surface area contributed by atoms with E-state index in [1.165, 1.54) is 6.07 Å². The first kappa shape index (κ1) is 13.9. The molecule has 0 saturated carbocycles. The second kappa shape index (κ2) is 5.50. The van der Waals surface area contributed by atoms with Crippen LogP contribution in [0.3, 0.4) is 0 Å². The summed E-state index contributed by atoms with van der Waals surface area (Å²) in [6, 6.07) is 14.1. The Labute approximate surface area is 132 Å². The predicted molar refractivity (Wildman–Crippen MR) is 88.1 cm³/mol. The van der Waals surface area contributed by atoms with Gasteiger partial charge in [0.15, 0.2) is 0 Å². The van der Waals surface area contributed by atoms with Crippen LogP contribution in [0.5, 0.6) is 0 Å². The van der Waals surface area contributed by atoms with Crippen LogP contribution in [0.25, 0.3) is 10.9 Å². The van der Waals surface area contributed by atoms with Gasteiger partial charge in [0.2, 0.25) is 5.95 Å². The van der Waals surface area contributed by atoms with E-state index in [1.54, 1.807) is 22.8 Å². The predicted octanol–water partition coefficient (Wildman–Crippen LogP) is 2.95. The summed E-state index contributed by atoms with van der Waals surface area (Å²) in [4.78, 5) is 19.3. The second-order valence-corrected chi connectivity index (χ2v) is 5.75. The fourth-order valence-corrected chi connectivity index (χ4v) is 3.10. The zero-order valence-electron chi connectivity index (χ0n) is 12.6. The normalized spacial score (nSPS) is 14.0. The van der Waals surface area contributed by atoms with Gasteiger partial charge in [-0.25, -0.2) is 9.37 Å². The summed E-state index contributed by atoms with van der Waals surface area (Å²) in [6.45, 7) is 1.83. The molecule has 116 valence electrons. The summed E-state index contributed by atoms with van der Waals surface area (Å²) >= 11 is 0. The van der Waals surface area contributed by atoms with Crippen LogP contribution in [0, 0.1) is 5.82 Å². The van der Waals surface area contributed by atoms with E-state index >= 15 is 0 Å². The van der Waals surface area contributed by atoms with Gasteiger partial charge in [0, 0.05) is 25.2 Å². The molecule has 2 heterocycles. The average Bonchev–Trinajstić information content (AvgIpc) is 2.58. The van der Waals surface area contributed by atoms with E-state index in [1.807, 2.05) is 29.2 Å². The molecule has 4 nitrogen and oxygen atoms in total. The molecule has 0 saturated heterocycles. The topological polar surface area (TPSA) is 38.1 Å². The van der Waals surface area contributed by atoms with Crippen molar-refractivity contribution in [2.75, 3.05) is 11.4 Å². The Kier molecular flexibility index (Phi) is 3.33. The van der Waals surface area contributed by atoms with Gasteiger partial charge >= 0.3 is 0 Å². The number of para-hydroxylation sites is 1. The Morgan fingerprint density at radius 2 is 1.83 bits per heavy atom. The van der Waals surface area contributed by atoms with Gasteiger partial charge in [0.1, 0.15) is 5.82 Å². The third-order valence-electron chi connectivity index (χ3n) is 4.25. The summed E-state index contributed by atoms with van der Waals surface area (Å²) in [5.74, 6) is 0.399. The van der Waals surface area contributed by atoms with E-state index in [4.69, 9.17) is 0 Å². The SMILES string of the molecule is O=c1c2ccccc2nc2n1CCCN2Cc1ccccc1F. The van der Waals surface area contributed by atoms with E-state index in [9.17, 15) is 9.18 Å². The highest BCUT2D eigenvalue weighted by atomic mass is 19.1. The van der Waals surface area contributed by atoms with Gasteiger partial charge in [-0.15, -0.1) is 0 Å². The number of anilines is 1. The second-order valence-electron chi connectivity index (χ2n) is 5.75. The van der Waals surface area contributed by atoms with Crippen molar-refractivity contribution in [3.8, 4) is 0 Å². The quantitative estimate of drug-likeness (QED) is 0.730. The molecule has 0 fully saturated rings. The number of hydrogen-bond donors (Lipinski definition) is 0. The average molecular weight is 309 g/mol. The maximum Gasteiger partial charge on any atom is 0.262 e. The lowest BCUT2D eigenvalue weighted by atomic mass is 10.2. The van der Waals surface area contributed by atoms with Gasteiger partial charge in [0.25, 0.3) is 5.56 Å². The molecule has 23 heavy (non-hydrogen) atoms. The molecular formula is C18H16FN3O. The highest BCUT2D eigenvalue weighted by molar-refractivity contribution is 5.78. The Bertz CT molecular complexity index is 935. The van der Waals surface area contributed by atoms with E-state index in [2.05, 4.69) is 4.98 Å². The van der Waals surface area contributed by atoms with E-state index in [0.29, 0.717) is 35.5 Å². The largest absolute Gasteiger partial charge is 0.338 e. The van der Waals surface area contributed by atoms with Crippen LogP contribution in [0.2, 0.25) is 0 Å². The first-order valence-corrected chi connectivity index (χ1v) is 7.72. The van der Waals surface area contributed by atoms with E-state index in [-0.39, 0.29) is 11.4 Å². The number of rotatable bonds is 2. The van der Waals surface area contributed by atoms with E-state index < -0.39 is 0 Å². The molecule has 0 unspecified atom stereocenters. The van der Waals surface area contributed by atoms with Crippen molar-refractivity contribution in [1.82, 2.24) is 9.55 Å². The fraction of sp³-hybridized carbons (Fsp3) is 0.222. The van der Waals surface area contributed by atoms with Crippen molar-refractivity contribution < 1.29 is 4.39 Å². The number of aromatic nitrogens is 2. The molecule has 0 N–H and O–H groups in total. The molecule has 0 spiro atoms. The summed E-state index contributed by atoms with van der Waals surface area (Å²) in [5, 5.41) is 0.629. The number of benzene rings is 2. The number of nitrogens with zero attached hydrogens (tertiary/aromatic N) is 3. The molecule has 0 atom stereocenters. The maximum atomic E-state index is 13.9. The van der Waals surface area contributed by atoms with Gasteiger partial charge in [-0.05, 0) is 24.6 Å². The number of halogens is 1. The van der Waals surface area contributed by atoms with Crippen LogP contribution in [0.15, 0.2) is 53.3 Å². The minimum atomic E-state index is -0.229. The molecule has 1 aliphatic rings. The molecule has 1 aliphatic heterocycles. The molecule has 1 aromatic heterocycles. The minimum Gasteiger partial charge on any atom is -0.338 e. The number of hydrogen-bond acceptors (Lipinski definition) is 3. The fourth-order valence-electron chi connectivity index (χ4n) is 3.10. The summed E-state index contributed by atoms with van der Waals surface area (Å²) in [7, 11) is 0. The summed E-state index contributed by atoms with van der Waals surface area (Å²) < 4.78 is 15.6. The monoisotopic (exact) mass is 309 g/mol. The third-order valence-corrected chi connectivity index (χ3v) is 4.25. The lowest BCUT2D eigenvalue weighted by Gasteiger charge is -2.31. The lowest BCUT2D eigenvalue weighted by molar-refractivity contribution is 0.526. The Morgan fingerprint density at radius 3 is 2.70 bits per heavy atom. The van der Waals surface area contributed by atoms with E-state index in [0.717, 1.165) is 13.0 Å². The Balaban J connectivity index is 1.82. The zero-order valence-corrected chi connectivity index (χ0v) is 12.6. The van der Waals surface area contributed by atoms with Gasteiger partial charge in [-0.2, -0.15) is 0 Å². The van der Waals surface area contributed by atoms with Crippen molar-refractivity contribution in [1.29, 1.82) is 0 Å². The van der Waals surface area contributed by atoms with Gasteiger partial charge in [-0.3, -0.25) is 9.36 Å². The van der Waals surface area contributed by atoms with Crippen LogP contribution >= 0.6 is 0 Å². The van der Waals surface area contributed by atoms with Gasteiger partial charge in [0.05, 0.1) is 10.9 Å². The highest BCUT2D eigenvalue weighted by Gasteiger charge is 2.21. The molecule has 0 amide bonds. The van der Waals surface area contributed by atoms with Crippen molar-refractivity contribution in [2.45, 2.75) is 19.5 Å². The van der Waals surface area contributed by atoms with Crippen molar-refractivity contribution >= 4 is 16.9 Å². The van der Waals surface area contributed by atoms with Gasteiger partial charge in [-0.1, -0.05) is 30.3 Å². The maximum absolute atomic E-state index is 13.9.